The number of nitro groups is 2. The molecule has 2 aliphatic heterocycles. The lowest BCUT2D eigenvalue weighted by Crippen LogP contribution is -2.47. The Kier molecular flexibility index (Phi) is 7.83. The Labute approximate surface area is 237 Å². The molecule has 4 fully saturated rings. The summed E-state index contributed by atoms with van der Waals surface area (Å²) in [6.45, 7) is 1.95. The molecular formula is C27H34N10O4. The van der Waals surface area contributed by atoms with Gasteiger partial charge < -0.3 is 0 Å². The van der Waals surface area contributed by atoms with Gasteiger partial charge in [0, 0.05) is 24.2 Å². The maximum Gasteiger partial charge on any atom is 0.296 e. The first-order chi connectivity index (χ1) is 20.0. The molecule has 4 unspecified atom stereocenters. The standard InChI is InChI=1S/C27H34N10O4/c38-36(39)22-11-3-1-9-20(22)28-30-34-18-32(24-13-5-7-15-26(24)34)17-33-19-35(27-16-8-6-14-25(27)33)31-29-21-10-2-4-12-23(21)37(40)41/h1-4,9-12,24-27H,5-8,13-19H2. The van der Waals surface area contributed by atoms with E-state index >= 15 is 0 Å². The quantitative estimate of drug-likeness (QED) is 0.218. The van der Waals surface area contributed by atoms with Crippen LogP contribution in [0.5, 0.6) is 0 Å². The van der Waals surface area contributed by atoms with Crippen molar-refractivity contribution in [3.63, 3.8) is 0 Å². The van der Waals surface area contributed by atoms with Gasteiger partial charge in [0.2, 0.25) is 0 Å². The molecule has 4 atom stereocenters. The number of hydrogen-bond acceptors (Lipinski definition) is 10. The van der Waals surface area contributed by atoms with Gasteiger partial charge in [0.1, 0.15) is 0 Å². The summed E-state index contributed by atoms with van der Waals surface area (Å²) in [6.07, 6.45) is 8.75. The minimum atomic E-state index is -0.429. The first-order valence-corrected chi connectivity index (χ1v) is 14.3. The van der Waals surface area contributed by atoms with E-state index in [2.05, 4.69) is 30.5 Å². The number of rotatable bonds is 8. The van der Waals surface area contributed by atoms with E-state index in [9.17, 15) is 20.2 Å². The second-order valence-corrected chi connectivity index (χ2v) is 11.2. The second-order valence-electron chi connectivity index (χ2n) is 11.2. The van der Waals surface area contributed by atoms with E-state index in [1.165, 1.54) is 12.1 Å². The van der Waals surface area contributed by atoms with Crippen LogP contribution in [-0.4, -0.2) is 73.8 Å². The lowest BCUT2D eigenvalue weighted by atomic mass is 9.90. The molecule has 2 aliphatic carbocycles. The zero-order valence-electron chi connectivity index (χ0n) is 22.8. The molecule has 0 radical (unpaired) electrons. The first-order valence-electron chi connectivity index (χ1n) is 14.3. The van der Waals surface area contributed by atoms with Gasteiger partial charge in [-0.15, -0.1) is 10.2 Å². The molecule has 0 amide bonds. The maximum atomic E-state index is 11.4. The Bertz CT molecular complexity index is 1240. The summed E-state index contributed by atoms with van der Waals surface area (Å²) in [7, 11) is 0. The summed E-state index contributed by atoms with van der Waals surface area (Å²) < 4.78 is 0. The molecule has 6 rings (SSSR count). The number of benzene rings is 2. The SMILES string of the molecule is O=[N+]([O-])c1ccccc1N=NN1CN(CN2CN(N=Nc3ccccc3[N+](=O)[O-])C3CCCCC32)C2CCCCC21. The fourth-order valence-electron chi connectivity index (χ4n) is 6.86. The summed E-state index contributed by atoms with van der Waals surface area (Å²) in [4.78, 5) is 26.9. The molecule has 41 heavy (non-hydrogen) atoms. The van der Waals surface area contributed by atoms with Gasteiger partial charge in [-0.25, -0.2) is 0 Å². The van der Waals surface area contributed by atoms with Crippen molar-refractivity contribution in [2.24, 2.45) is 20.7 Å². The zero-order chi connectivity index (χ0) is 28.3. The van der Waals surface area contributed by atoms with Gasteiger partial charge in [0.15, 0.2) is 11.4 Å². The highest BCUT2D eigenvalue weighted by atomic mass is 16.6. The molecular weight excluding hydrogens is 528 g/mol. The predicted octanol–water partition coefficient (Wildman–Crippen LogP) is 5.93. The van der Waals surface area contributed by atoms with Crippen molar-refractivity contribution in [2.75, 3.05) is 20.0 Å². The summed E-state index contributed by atoms with van der Waals surface area (Å²) in [6, 6.07) is 13.9. The largest absolute Gasteiger partial charge is 0.296 e. The summed E-state index contributed by atoms with van der Waals surface area (Å²) in [5, 5.41) is 44.5. The van der Waals surface area contributed by atoms with E-state index < -0.39 is 9.85 Å². The molecule has 0 N–H and O–H groups in total. The minimum absolute atomic E-state index is 0.0528. The fourth-order valence-corrected chi connectivity index (χ4v) is 6.86. The summed E-state index contributed by atoms with van der Waals surface area (Å²) in [5.41, 5.74) is 0.408. The molecule has 0 spiro atoms. The van der Waals surface area contributed by atoms with Crippen LogP contribution >= 0.6 is 0 Å². The van der Waals surface area contributed by atoms with E-state index in [4.69, 9.17) is 0 Å². The van der Waals surface area contributed by atoms with Crippen LogP contribution in [0.1, 0.15) is 51.4 Å². The Hall–Kier alpha value is -4.04. The molecule has 216 valence electrons. The molecule has 0 aromatic heterocycles. The average Bonchev–Trinajstić information content (AvgIpc) is 3.53. The number of para-hydroxylation sites is 2. The zero-order valence-corrected chi connectivity index (χ0v) is 22.8. The van der Waals surface area contributed by atoms with E-state index in [0.717, 1.165) is 58.0 Å². The molecule has 4 aliphatic rings. The van der Waals surface area contributed by atoms with Gasteiger partial charge in [0.25, 0.3) is 11.4 Å². The van der Waals surface area contributed by atoms with Crippen molar-refractivity contribution in [2.45, 2.75) is 75.5 Å². The van der Waals surface area contributed by atoms with Crippen LogP contribution in [0.15, 0.2) is 69.2 Å². The molecule has 0 bridgehead atoms. The van der Waals surface area contributed by atoms with Crippen molar-refractivity contribution >= 4 is 22.7 Å². The highest BCUT2D eigenvalue weighted by Crippen LogP contribution is 2.38. The third-order valence-electron chi connectivity index (χ3n) is 8.80. The smallest absolute Gasteiger partial charge is 0.266 e. The van der Waals surface area contributed by atoms with Crippen LogP contribution in [0, 0.1) is 20.2 Å². The molecule has 2 saturated carbocycles. The monoisotopic (exact) mass is 562 g/mol. The van der Waals surface area contributed by atoms with Crippen molar-refractivity contribution in [3.05, 3.63) is 68.8 Å². The molecule has 2 saturated heterocycles. The first kappa shape index (κ1) is 27.1. The van der Waals surface area contributed by atoms with E-state index in [1.807, 2.05) is 10.0 Å². The minimum Gasteiger partial charge on any atom is -0.266 e. The molecule has 2 aromatic carbocycles. The number of nitrogens with zero attached hydrogens (tertiary/aromatic N) is 10. The number of fused-ring (bicyclic) bond motifs is 2. The topological polar surface area (TPSA) is 149 Å². The highest BCUT2D eigenvalue weighted by Gasteiger charge is 2.46. The lowest BCUT2D eigenvalue weighted by molar-refractivity contribution is -0.384. The lowest BCUT2D eigenvalue weighted by Gasteiger charge is -2.35. The van der Waals surface area contributed by atoms with Gasteiger partial charge >= 0.3 is 0 Å². The molecule has 2 heterocycles. The van der Waals surface area contributed by atoms with Gasteiger partial charge in [-0.05, 0) is 37.8 Å². The van der Waals surface area contributed by atoms with Gasteiger partial charge in [-0.3, -0.25) is 40.0 Å². The second kappa shape index (κ2) is 11.8. The van der Waals surface area contributed by atoms with Crippen LogP contribution in [0.25, 0.3) is 0 Å². The van der Waals surface area contributed by atoms with Crippen molar-refractivity contribution in [1.82, 2.24) is 19.8 Å². The Morgan fingerprint density at radius 3 is 1.44 bits per heavy atom. The predicted molar refractivity (Wildman–Crippen MR) is 149 cm³/mol. The van der Waals surface area contributed by atoms with E-state index in [0.29, 0.717) is 25.4 Å². The van der Waals surface area contributed by atoms with Crippen LogP contribution in [0.2, 0.25) is 0 Å². The molecule has 2 aromatic rings. The van der Waals surface area contributed by atoms with Gasteiger partial charge in [-0.1, -0.05) is 60.4 Å². The van der Waals surface area contributed by atoms with Crippen molar-refractivity contribution in [1.29, 1.82) is 0 Å². The fraction of sp³-hybridized carbons (Fsp3) is 0.556. The Morgan fingerprint density at radius 2 is 1.02 bits per heavy atom. The van der Waals surface area contributed by atoms with Crippen molar-refractivity contribution < 1.29 is 9.85 Å². The van der Waals surface area contributed by atoms with Gasteiger partial charge in [0.05, 0.1) is 41.9 Å². The summed E-state index contributed by atoms with van der Waals surface area (Å²) >= 11 is 0. The molecule has 14 heteroatoms. The van der Waals surface area contributed by atoms with Crippen LogP contribution in [0.4, 0.5) is 22.7 Å². The van der Waals surface area contributed by atoms with E-state index in [-0.39, 0.29) is 34.8 Å². The number of hydrogen-bond donors (Lipinski definition) is 0. The normalized spacial score (nSPS) is 27.0. The highest BCUT2D eigenvalue weighted by molar-refractivity contribution is 5.56. The van der Waals surface area contributed by atoms with Crippen LogP contribution in [0.3, 0.4) is 0 Å². The van der Waals surface area contributed by atoms with Crippen molar-refractivity contribution in [3.8, 4) is 0 Å². The maximum absolute atomic E-state index is 11.4. The molecule has 14 nitrogen and oxygen atoms in total. The van der Waals surface area contributed by atoms with Gasteiger partial charge in [-0.2, -0.15) is 0 Å². The Morgan fingerprint density at radius 1 is 0.634 bits per heavy atom. The van der Waals surface area contributed by atoms with Crippen LogP contribution in [-0.2, 0) is 0 Å². The van der Waals surface area contributed by atoms with Crippen LogP contribution < -0.4 is 0 Å². The summed E-state index contributed by atoms with van der Waals surface area (Å²) in [5.74, 6) is 0. The Balaban J connectivity index is 1.18. The third kappa shape index (κ3) is 5.61. The van der Waals surface area contributed by atoms with E-state index in [1.54, 1.807) is 36.4 Å². The average molecular weight is 563 g/mol. The third-order valence-corrected chi connectivity index (χ3v) is 8.80. The number of nitro benzene ring substituents is 2.